The molecule has 8 heteroatoms. The van der Waals surface area contributed by atoms with Gasteiger partial charge in [0.1, 0.15) is 0 Å². The lowest BCUT2D eigenvalue weighted by atomic mass is 9.97. The number of carbonyl (C=O) groups excluding carboxylic acids is 1. The van der Waals surface area contributed by atoms with Gasteiger partial charge in [0.05, 0.1) is 22.0 Å². The molecule has 1 aromatic carbocycles. The molecule has 1 amide bonds. The summed E-state index contributed by atoms with van der Waals surface area (Å²) in [6, 6.07) is 12.2. The molecular weight excluding hydrogens is 420 g/mol. The third-order valence-electron chi connectivity index (χ3n) is 5.91. The Balaban J connectivity index is 1.33. The number of piperidine rings is 1. The van der Waals surface area contributed by atoms with E-state index >= 15 is 0 Å². The van der Waals surface area contributed by atoms with Crippen LogP contribution < -0.4 is 10.2 Å². The molecule has 1 saturated heterocycles. The van der Waals surface area contributed by atoms with Gasteiger partial charge in [-0.05, 0) is 50.5 Å². The van der Waals surface area contributed by atoms with Crippen molar-refractivity contribution >= 4 is 32.7 Å². The first-order valence-electron chi connectivity index (χ1n) is 10.9. The Bertz CT molecular complexity index is 1230. The number of hydrogen-bond acceptors (Lipinski definition) is 6. The highest BCUT2D eigenvalue weighted by Gasteiger charge is 2.28. The van der Waals surface area contributed by atoms with E-state index in [1.807, 2.05) is 23.7 Å². The van der Waals surface area contributed by atoms with E-state index < -0.39 is 0 Å². The van der Waals surface area contributed by atoms with Crippen molar-refractivity contribution in [2.24, 2.45) is 5.92 Å². The highest BCUT2D eigenvalue weighted by molar-refractivity contribution is 7.22. The maximum Gasteiger partial charge on any atom is 0.225 e. The Morgan fingerprint density at radius 3 is 2.84 bits per heavy atom. The number of nitrogens with one attached hydrogen (secondary N) is 1. The summed E-state index contributed by atoms with van der Waals surface area (Å²) in [5.41, 5.74) is 5.10. The fourth-order valence-electron chi connectivity index (χ4n) is 4.13. The van der Waals surface area contributed by atoms with Crippen molar-refractivity contribution in [2.45, 2.75) is 33.2 Å². The molecule has 0 saturated carbocycles. The van der Waals surface area contributed by atoms with Crippen LogP contribution in [-0.4, -0.2) is 38.7 Å². The average molecular weight is 447 g/mol. The Morgan fingerprint density at radius 2 is 2.06 bits per heavy atom. The third-order valence-corrected chi connectivity index (χ3v) is 7.12. The summed E-state index contributed by atoms with van der Waals surface area (Å²) in [6.45, 7) is 6.22. The number of fused-ring (bicyclic) bond motifs is 1. The number of hydrogen-bond donors (Lipinski definition) is 1. The zero-order chi connectivity index (χ0) is 22.1. The van der Waals surface area contributed by atoms with Crippen molar-refractivity contribution in [3.05, 3.63) is 65.6 Å². The van der Waals surface area contributed by atoms with E-state index in [0.717, 1.165) is 51.8 Å². The van der Waals surface area contributed by atoms with Crippen molar-refractivity contribution in [1.29, 1.82) is 0 Å². The molecule has 0 spiro atoms. The van der Waals surface area contributed by atoms with E-state index in [-0.39, 0.29) is 11.8 Å². The van der Waals surface area contributed by atoms with Crippen LogP contribution in [0.4, 0.5) is 5.13 Å². The largest absolute Gasteiger partial charge is 0.352 e. The van der Waals surface area contributed by atoms with E-state index in [1.165, 1.54) is 5.56 Å². The van der Waals surface area contributed by atoms with Gasteiger partial charge in [-0.25, -0.2) is 4.68 Å². The Morgan fingerprint density at radius 1 is 1.22 bits per heavy atom. The van der Waals surface area contributed by atoms with Crippen LogP contribution >= 0.6 is 11.3 Å². The van der Waals surface area contributed by atoms with Gasteiger partial charge < -0.3 is 10.2 Å². The van der Waals surface area contributed by atoms with E-state index in [0.29, 0.717) is 13.1 Å². The molecule has 4 aromatic rings. The SMILES string of the molecule is Cc1ccc(-n2nc(C)c3sc(N4CCCC(C(=O)NCc5cccnc5)C4)nc32)cc1. The highest BCUT2D eigenvalue weighted by atomic mass is 32.1. The molecule has 1 aliphatic rings. The molecule has 1 fully saturated rings. The second kappa shape index (κ2) is 8.70. The average Bonchev–Trinajstić information content (AvgIpc) is 3.39. The zero-order valence-corrected chi connectivity index (χ0v) is 19.1. The van der Waals surface area contributed by atoms with Crippen molar-refractivity contribution in [3.63, 3.8) is 0 Å². The minimum Gasteiger partial charge on any atom is -0.352 e. The van der Waals surface area contributed by atoms with Gasteiger partial charge in [-0.15, -0.1) is 0 Å². The van der Waals surface area contributed by atoms with Gasteiger partial charge in [-0.2, -0.15) is 10.1 Å². The van der Waals surface area contributed by atoms with Crippen LogP contribution in [0.25, 0.3) is 16.0 Å². The van der Waals surface area contributed by atoms with Gasteiger partial charge in [0.15, 0.2) is 10.8 Å². The molecule has 164 valence electrons. The summed E-state index contributed by atoms with van der Waals surface area (Å²) in [5.74, 6) is 0.0591. The highest BCUT2D eigenvalue weighted by Crippen LogP contribution is 2.34. The third kappa shape index (κ3) is 4.10. The number of rotatable bonds is 5. The first-order valence-corrected chi connectivity index (χ1v) is 11.7. The summed E-state index contributed by atoms with van der Waals surface area (Å²) in [7, 11) is 0. The fourth-order valence-corrected chi connectivity index (χ4v) is 5.15. The number of nitrogens with zero attached hydrogens (tertiary/aromatic N) is 5. The normalized spacial score (nSPS) is 16.4. The van der Waals surface area contributed by atoms with Crippen LogP contribution in [0.15, 0.2) is 48.8 Å². The lowest BCUT2D eigenvalue weighted by Crippen LogP contribution is -2.43. The molecule has 1 aliphatic heterocycles. The second-order valence-corrected chi connectivity index (χ2v) is 9.32. The Kier molecular flexibility index (Phi) is 5.61. The first kappa shape index (κ1) is 20.6. The first-order chi connectivity index (χ1) is 15.6. The van der Waals surface area contributed by atoms with Crippen LogP contribution in [0.2, 0.25) is 0 Å². The fraction of sp³-hybridized carbons (Fsp3) is 0.333. The Labute approximate surface area is 191 Å². The summed E-state index contributed by atoms with van der Waals surface area (Å²) in [5, 5.41) is 8.74. The van der Waals surface area contributed by atoms with E-state index in [1.54, 1.807) is 23.7 Å². The lowest BCUT2D eigenvalue weighted by Gasteiger charge is -2.31. The van der Waals surface area contributed by atoms with Gasteiger partial charge in [0, 0.05) is 32.0 Å². The van der Waals surface area contributed by atoms with Gasteiger partial charge in [0.25, 0.3) is 0 Å². The van der Waals surface area contributed by atoms with Crippen molar-refractivity contribution in [1.82, 2.24) is 25.1 Å². The number of amides is 1. The molecule has 1 atom stereocenters. The second-order valence-electron chi connectivity index (χ2n) is 8.35. The van der Waals surface area contributed by atoms with Crippen LogP contribution in [0.5, 0.6) is 0 Å². The van der Waals surface area contributed by atoms with Gasteiger partial charge in [0.2, 0.25) is 5.91 Å². The zero-order valence-electron chi connectivity index (χ0n) is 18.3. The molecule has 0 radical (unpaired) electrons. The predicted molar refractivity (Wildman–Crippen MR) is 127 cm³/mol. The van der Waals surface area contributed by atoms with Gasteiger partial charge >= 0.3 is 0 Å². The monoisotopic (exact) mass is 446 g/mol. The molecule has 32 heavy (non-hydrogen) atoms. The van der Waals surface area contributed by atoms with Crippen molar-refractivity contribution < 1.29 is 4.79 Å². The number of carbonyl (C=O) groups is 1. The maximum absolute atomic E-state index is 12.8. The number of benzene rings is 1. The molecule has 1 N–H and O–H groups in total. The summed E-state index contributed by atoms with van der Waals surface area (Å²) in [6.07, 6.45) is 5.40. The minimum absolute atomic E-state index is 0.0397. The molecule has 0 bridgehead atoms. The van der Waals surface area contributed by atoms with Crippen LogP contribution in [0.3, 0.4) is 0 Å². The molecule has 3 aromatic heterocycles. The van der Waals surface area contributed by atoms with E-state index in [2.05, 4.69) is 46.4 Å². The molecule has 7 nitrogen and oxygen atoms in total. The van der Waals surface area contributed by atoms with Crippen LogP contribution in [0.1, 0.15) is 29.7 Å². The smallest absolute Gasteiger partial charge is 0.225 e. The van der Waals surface area contributed by atoms with Gasteiger partial charge in [-0.1, -0.05) is 35.1 Å². The number of aromatic nitrogens is 4. The summed E-state index contributed by atoms with van der Waals surface area (Å²) < 4.78 is 3.02. The molecule has 1 unspecified atom stereocenters. The topological polar surface area (TPSA) is 75.9 Å². The van der Waals surface area contributed by atoms with Crippen molar-refractivity contribution in [3.8, 4) is 5.69 Å². The van der Waals surface area contributed by atoms with Crippen LogP contribution in [0, 0.1) is 19.8 Å². The van der Waals surface area contributed by atoms with E-state index in [4.69, 9.17) is 10.1 Å². The molecular formula is C24H26N6OS. The number of pyridine rings is 1. The quantitative estimate of drug-likeness (QED) is 0.501. The Hall–Kier alpha value is -3.26. The van der Waals surface area contributed by atoms with Crippen molar-refractivity contribution in [2.75, 3.05) is 18.0 Å². The van der Waals surface area contributed by atoms with Gasteiger partial charge in [-0.3, -0.25) is 9.78 Å². The standard InChI is InChI=1S/C24H26N6OS/c1-16-7-9-20(10-8-16)30-22-21(17(2)28-30)32-24(27-22)29-12-4-6-19(15-29)23(31)26-14-18-5-3-11-25-13-18/h3,5,7-11,13,19H,4,6,12,14-15H2,1-2H3,(H,26,31). The molecule has 5 rings (SSSR count). The summed E-state index contributed by atoms with van der Waals surface area (Å²) >= 11 is 1.66. The molecule has 4 heterocycles. The number of aryl methyl sites for hydroxylation is 2. The van der Waals surface area contributed by atoms with E-state index in [9.17, 15) is 4.79 Å². The predicted octanol–water partition coefficient (Wildman–Crippen LogP) is 4.03. The lowest BCUT2D eigenvalue weighted by molar-refractivity contribution is -0.125. The molecule has 0 aliphatic carbocycles. The summed E-state index contributed by atoms with van der Waals surface area (Å²) in [4.78, 5) is 24.1. The van der Waals surface area contributed by atoms with Crippen LogP contribution in [-0.2, 0) is 11.3 Å². The number of anilines is 1. The number of thiazole rings is 1. The maximum atomic E-state index is 12.8. The minimum atomic E-state index is -0.0397.